The Morgan fingerprint density at radius 2 is 1.87 bits per heavy atom. The highest BCUT2D eigenvalue weighted by Crippen LogP contribution is 2.36. The molecule has 1 aromatic heterocycles. The molecule has 0 saturated carbocycles. The van der Waals surface area contributed by atoms with Crippen molar-refractivity contribution in [2.45, 2.75) is 68.8 Å². The second kappa shape index (κ2) is 8.98. The predicted octanol–water partition coefficient (Wildman–Crippen LogP) is 4.01. The molecule has 1 unspecified atom stereocenters. The van der Waals surface area contributed by atoms with Crippen molar-refractivity contribution < 1.29 is 13.2 Å². The molecule has 6 nitrogen and oxygen atoms in total. The fraction of sp³-hybridized carbons (Fsp3) is 0.591. The van der Waals surface area contributed by atoms with E-state index >= 15 is 0 Å². The van der Waals surface area contributed by atoms with E-state index in [0.717, 1.165) is 42.4 Å². The van der Waals surface area contributed by atoms with Crippen LogP contribution in [-0.2, 0) is 14.8 Å². The second-order valence-electron chi connectivity index (χ2n) is 8.86. The number of rotatable bonds is 5. The molecule has 0 spiro atoms. The van der Waals surface area contributed by atoms with Crippen molar-refractivity contribution in [2.75, 3.05) is 19.6 Å². The molecule has 2 saturated heterocycles. The van der Waals surface area contributed by atoms with Gasteiger partial charge in [-0.15, -0.1) is 11.3 Å². The van der Waals surface area contributed by atoms with Gasteiger partial charge in [-0.2, -0.15) is 4.72 Å². The summed E-state index contributed by atoms with van der Waals surface area (Å²) in [5, 5.41) is 1.42. The van der Waals surface area contributed by atoms with Crippen LogP contribution in [0.1, 0.15) is 45.1 Å². The molecule has 3 heterocycles. The van der Waals surface area contributed by atoms with Gasteiger partial charge in [0.2, 0.25) is 5.91 Å². The van der Waals surface area contributed by atoms with Gasteiger partial charge in [-0.3, -0.25) is 4.79 Å². The minimum absolute atomic E-state index is 0.0837. The van der Waals surface area contributed by atoms with Crippen LogP contribution < -0.4 is 4.72 Å². The number of benzene rings is 1. The van der Waals surface area contributed by atoms with E-state index in [4.69, 9.17) is 11.6 Å². The van der Waals surface area contributed by atoms with Crippen molar-refractivity contribution in [1.29, 1.82) is 0 Å². The number of carbonyl (C=O) groups excluding carboxylic acids is 1. The number of likely N-dealkylation sites (tertiary alicyclic amines) is 2. The van der Waals surface area contributed by atoms with Crippen LogP contribution in [0, 0.1) is 6.92 Å². The van der Waals surface area contributed by atoms with Crippen molar-refractivity contribution in [1.82, 2.24) is 14.5 Å². The number of aryl methyl sites for hydroxylation is 1. The minimum atomic E-state index is -3.80. The number of hydrogen-bond donors (Lipinski definition) is 1. The van der Waals surface area contributed by atoms with Gasteiger partial charge in [0.25, 0.3) is 10.0 Å². The van der Waals surface area contributed by atoms with Gasteiger partial charge in [0.1, 0.15) is 10.3 Å². The zero-order chi connectivity index (χ0) is 22.3. The topological polar surface area (TPSA) is 69.7 Å². The van der Waals surface area contributed by atoms with Crippen molar-refractivity contribution in [2.24, 2.45) is 0 Å². The Bertz CT molecular complexity index is 1080. The van der Waals surface area contributed by atoms with Gasteiger partial charge >= 0.3 is 0 Å². The molecule has 2 aliphatic rings. The Morgan fingerprint density at radius 3 is 2.55 bits per heavy atom. The van der Waals surface area contributed by atoms with E-state index in [1.54, 1.807) is 19.1 Å². The van der Waals surface area contributed by atoms with Crippen LogP contribution in [-0.4, -0.2) is 61.9 Å². The van der Waals surface area contributed by atoms with Gasteiger partial charge < -0.3 is 9.80 Å². The van der Waals surface area contributed by atoms with E-state index in [1.807, 2.05) is 11.0 Å². The molecule has 2 aromatic rings. The minimum Gasteiger partial charge on any atom is -0.338 e. The number of nitrogens with one attached hydrogen (secondary N) is 1. The Kier molecular flexibility index (Phi) is 6.66. The number of carbonyl (C=O) groups is 1. The van der Waals surface area contributed by atoms with E-state index in [9.17, 15) is 13.2 Å². The Balaban J connectivity index is 1.50. The third-order valence-electron chi connectivity index (χ3n) is 6.54. The van der Waals surface area contributed by atoms with Crippen LogP contribution in [0.15, 0.2) is 22.4 Å². The van der Waals surface area contributed by atoms with E-state index in [2.05, 4.69) is 23.5 Å². The molecule has 0 radical (unpaired) electrons. The molecule has 4 rings (SSSR count). The first-order chi connectivity index (χ1) is 14.7. The van der Waals surface area contributed by atoms with Crippen molar-refractivity contribution in [3.63, 3.8) is 0 Å². The Hall–Kier alpha value is -1.19. The van der Waals surface area contributed by atoms with Gasteiger partial charge in [-0.1, -0.05) is 11.6 Å². The SMILES string of the molecule is Cc1c(S(=O)(=O)NC2CCCN(C3CCN(C(C)C)CC3)C2=O)sc2ccc(Cl)cc12. The molecular formula is C22H30ClN3O3S2. The summed E-state index contributed by atoms with van der Waals surface area (Å²) in [6, 6.07) is 5.40. The number of hydrogen-bond acceptors (Lipinski definition) is 5. The van der Waals surface area contributed by atoms with Gasteiger partial charge in [-0.05, 0) is 75.6 Å². The lowest BCUT2D eigenvalue weighted by molar-refractivity contribution is -0.139. The first kappa shape index (κ1) is 23.0. The number of piperidine rings is 2. The van der Waals surface area contributed by atoms with Crippen molar-refractivity contribution in [3.8, 4) is 0 Å². The lowest BCUT2D eigenvalue weighted by Crippen LogP contribution is -2.57. The maximum absolute atomic E-state index is 13.2. The summed E-state index contributed by atoms with van der Waals surface area (Å²) in [5.74, 6) is -0.0837. The molecule has 1 atom stereocenters. The predicted molar refractivity (Wildman–Crippen MR) is 126 cm³/mol. The van der Waals surface area contributed by atoms with Crippen LogP contribution in [0.25, 0.3) is 10.1 Å². The summed E-state index contributed by atoms with van der Waals surface area (Å²) in [7, 11) is -3.80. The van der Waals surface area contributed by atoms with E-state index in [1.165, 1.54) is 11.3 Å². The summed E-state index contributed by atoms with van der Waals surface area (Å²) < 4.78 is 30.3. The number of fused-ring (bicyclic) bond motifs is 1. The largest absolute Gasteiger partial charge is 0.338 e. The average Bonchev–Trinajstić information content (AvgIpc) is 3.06. The molecule has 170 valence electrons. The lowest BCUT2D eigenvalue weighted by Gasteiger charge is -2.43. The lowest BCUT2D eigenvalue weighted by atomic mass is 9.97. The second-order valence-corrected chi connectivity index (χ2v) is 12.3. The highest BCUT2D eigenvalue weighted by molar-refractivity contribution is 7.91. The third kappa shape index (κ3) is 4.64. The smallest absolute Gasteiger partial charge is 0.251 e. The first-order valence-electron chi connectivity index (χ1n) is 10.9. The number of thiophene rings is 1. The zero-order valence-corrected chi connectivity index (χ0v) is 20.6. The third-order valence-corrected chi connectivity index (χ3v) is 10.1. The van der Waals surface area contributed by atoms with E-state index < -0.39 is 16.1 Å². The molecule has 0 aliphatic carbocycles. The monoisotopic (exact) mass is 483 g/mol. The summed E-state index contributed by atoms with van der Waals surface area (Å²) >= 11 is 7.31. The van der Waals surface area contributed by atoms with Crippen LogP contribution in [0.3, 0.4) is 0 Å². The molecule has 9 heteroatoms. The molecule has 2 fully saturated rings. The fourth-order valence-electron chi connectivity index (χ4n) is 4.75. The summed E-state index contributed by atoms with van der Waals surface area (Å²) in [5.41, 5.74) is 0.677. The van der Waals surface area contributed by atoms with Crippen LogP contribution in [0.2, 0.25) is 5.02 Å². The standard InChI is InChI=1S/C22H30ClN3O3S2/c1-14(2)25-11-8-17(9-12-25)26-10-4-5-19(21(26)27)24-31(28,29)22-15(3)18-13-16(23)6-7-20(18)30-22/h6-7,13-14,17,19,24H,4-5,8-12H2,1-3H3. The maximum atomic E-state index is 13.2. The van der Waals surface area contributed by atoms with Crippen LogP contribution in [0.4, 0.5) is 0 Å². The first-order valence-corrected chi connectivity index (χ1v) is 13.6. The van der Waals surface area contributed by atoms with Gasteiger partial charge in [0.05, 0.1) is 0 Å². The van der Waals surface area contributed by atoms with Crippen LogP contribution in [0.5, 0.6) is 0 Å². The number of halogens is 1. The number of sulfonamides is 1. The maximum Gasteiger partial charge on any atom is 0.251 e. The normalized spacial score (nSPS) is 22.0. The molecule has 1 N–H and O–H groups in total. The summed E-state index contributed by atoms with van der Waals surface area (Å²) in [6.45, 7) is 8.85. The highest BCUT2D eigenvalue weighted by atomic mass is 35.5. The Labute approximate surface area is 193 Å². The quantitative estimate of drug-likeness (QED) is 0.697. The Morgan fingerprint density at radius 1 is 1.16 bits per heavy atom. The van der Waals surface area contributed by atoms with Crippen molar-refractivity contribution in [3.05, 3.63) is 28.8 Å². The molecule has 0 bridgehead atoms. The van der Waals surface area contributed by atoms with Gasteiger partial charge in [-0.25, -0.2) is 8.42 Å². The number of nitrogens with zero attached hydrogens (tertiary/aromatic N) is 2. The average molecular weight is 484 g/mol. The van der Waals surface area contributed by atoms with Crippen LogP contribution >= 0.6 is 22.9 Å². The molecule has 2 aliphatic heterocycles. The highest BCUT2D eigenvalue weighted by Gasteiger charge is 2.37. The fourth-order valence-corrected chi connectivity index (χ4v) is 7.91. The molecule has 31 heavy (non-hydrogen) atoms. The summed E-state index contributed by atoms with van der Waals surface area (Å²) in [6.07, 6.45) is 3.23. The molecule has 1 aromatic carbocycles. The van der Waals surface area contributed by atoms with E-state index in [-0.39, 0.29) is 16.2 Å². The number of amides is 1. The molecule has 1 amide bonds. The summed E-state index contributed by atoms with van der Waals surface area (Å²) in [4.78, 5) is 17.6. The van der Waals surface area contributed by atoms with Gasteiger partial charge in [0.15, 0.2) is 0 Å². The molecular weight excluding hydrogens is 454 g/mol. The van der Waals surface area contributed by atoms with Crippen molar-refractivity contribution >= 4 is 49.0 Å². The van der Waals surface area contributed by atoms with E-state index in [0.29, 0.717) is 29.6 Å². The zero-order valence-electron chi connectivity index (χ0n) is 18.2. The van der Waals surface area contributed by atoms with Gasteiger partial charge in [0, 0.05) is 41.4 Å².